The minimum atomic E-state index is 0.153. The van der Waals surface area contributed by atoms with Gasteiger partial charge in [0, 0.05) is 25.0 Å². The first kappa shape index (κ1) is 19.1. The number of carbonyl (C=O) groups excluding carboxylic acids is 1. The molecule has 4 fully saturated rings. The van der Waals surface area contributed by atoms with Crippen molar-refractivity contribution in [2.24, 2.45) is 39.8 Å². The summed E-state index contributed by atoms with van der Waals surface area (Å²) in [7, 11) is 0. The summed E-state index contributed by atoms with van der Waals surface area (Å²) in [4.78, 5) is 19.6. The van der Waals surface area contributed by atoms with Crippen LogP contribution in [0.1, 0.15) is 72.1 Å². The molecule has 27 heavy (non-hydrogen) atoms. The number of amides is 1. The third kappa shape index (κ3) is 4.12. The first-order chi connectivity index (χ1) is 12.8. The zero-order valence-corrected chi connectivity index (χ0v) is 17.4. The molecule has 1 heterocycles. The highest BCUT2D eigenvalue weighted by atomic mass is 16.1. The van der Waals surface area contributed by atoms with Gasteiger partial charge in [0.2, 0.25) is 5.91 Å². The number of guanidine groups is 1. The van der Waals surface area contributed by atoms with Crippen molar-refractivity contribution in [1.29, 1.82) is 0 Å². The van der Waals surface area contributed by atoms with Crippen LogP contribution in [0.4, 0.5) is 0 Å². The molecule has 5 aliphatic rings. The van der Waals surface area contributed by atoms with E-state index in [2.05, 4.69) is 36.0 Å². The predicted molar refractivity (Wildman–Crippen MR) is 109 cm³/mol. The van der Waals surface area contributed by atoms with Gasteiger partial charge in [0.25, 0.3) is 0 Å². The molecular formula is C22H38N4O. The predicted octanol–water partition coefficient (Wildman–Crippen LogP) is 3.14. The molecule has 1 amide bonds. The van der Waals surface area contributed by atoms with Crippen LogP contribution in [0.25, 0.3) is 0 Å². The minimum Gasteiger partial charge on any atom is -0.370 e. The summed E-state index contributed by atoms with van der Waals surface area (Å²) in [6.45, 7) is 8.15. The van der Waals surface area contributed by atoms with Gasteiger partial charge in [-0.3, -0.25) is 9.79 Å². The Morgan fingerprint density at radius 1 is 1.22 bits per heavy atom. The molecule has 5 nitrogen and oxygen atoms in total. The summed E-state index contributed by atoms with van der Waals surface area (Å²) < 4.78 is 0. The maximum atomic E-state index is 13.1. The summed E-state index contributed by atoms with van der Waals surface area (Å²) in [5, 5.41) is 3.40. The van der Waals surface area contributed by atoms with Gasteiger partial charge >= 0.3 is 0 Å². The molecule has 152 valence electrons. The van der Waals surface area contributed by atoms with E-state index in [1.54, 1.807) is 0 Å². The average Bonchev–Trinajstić information content (AvgIpc) is 2.84. The Balaban J connectivity index is 1.37. The smallest absolute Gasteiger partial charge is 0.220 e. The number of rotatable bonds is 7. The number of carbonyl (C=O) groups is 1. The monoisotopic (exact) mass is 374 g/mol. The molecule has 2 atom stereocenters. The van der Waals surface area contributed by atoms with E-state index in [0.29, 0.717) is 23.3 Å². The third-order valence-electron chi connectivity index (χ3n) is 7.58. The molecule has 1 aliphatic heterocycles. The summed E-state index contributed by atoms with van der Waals surface area (Å²) >= 11 is 0. The van der Waals surface area contributed by atoms with Gasteiger partial charge in [-0.15, -0.1) is 0 Å². The first-order valence-corrected chi connectivity index (χ1v) is 11.2. The van der Waals surface area contributed by atoms with Crippen molar-refractivity contribution < 1.29 is 4.79 Å². The van der Waals surface area contributed by atoms with Crippen molar-refractivity contribution in [1.82, 2.24) is 10.2 Å². The molecule has 0 aromatic rings. The molecule has 0 spiro atoms. The number of aliphatic imine (C=N–C) groups is 1. The maximum absolute atomic E-state index is 13.1. The van der Waals surface area contributed by atoms with Gasteiger partial charge in [0.1, 0.15) is 0 Å². The highest BCUT2D eigenvalue weighted by molar-refractivity contribution is 5.80. The lowest BCUT2D eigenvalue weighted by atomic mass is 9.49. The number of nitrogens with two attached hydrogens (primary N) is 1. The van der Waals surface area contributed by atoms with Gasteiger partial charge in [-0.2, -0.15) is 0 Å². The zero-order chi connectivity index (χ0) is 19.2. The molecule has 0 aromatic carbocycles. The van der Waals surface area contributed by atoms with Crippen LogP contribution in [0.5, 0.6) is 0 Å². The SMILES string of the molecule is CC(C)C[C@@H](CN1C(N)=NC[C@@H]1C)NC(=O)CC12CC3CC(CC(C3)C1)C2. The van der Waals surface area contributed by atoms with Crippen molar-refractivity contribution in [3.05, 3.63) is 0 Å². The molecule has 4 aliphatic carbocycles. The van der Waals surface area contributed by atoms with Crippen LogP contribution in [-0.2, 0) is 4.79 Å². The summed E-state index contributed by atoms with van der Waals surface area (Å²) in [5.74, 6) is 4.15. The van der Waals surface area contributed by atoms with E-state index in [9.17, 15) is 4.79 Å². The normalized spacial score (nSPS) is 38.4. The van der Waals surface area contributed by atoms with Crippen LogP contribution in [0.3, 0.4) is 0 Å². The quantitative estimate of drug-likeness (QED) is 0.719. The molecule has 3 N–H and O–H groups in total. The fraction of sp³-hybridized carbons (Fsp3) is 0.909. The van der Waals surface area contributed by atoms with E-state index < -0.39 is 0 Å². The molecule has 0 saturated heterocycles. The highest BCUT2D eigenvalue weighted by Crippen LogP contribution is 2.61. The van der Waals surface area contributed by atoms with Crippen molar-refractivity contribution in [3.8, 4) is 0 Å². The van der Waals surface area contributed by atoms with Crippen molar-refractivity contribution in [2.45, 2.75) is 84.2 Å². The van der Waals surface area contributed by atoms with E-state index >= 15 is 0 Å². The van der Waals surface area contributed by atoms with Gasteiger partial charge in [-0.1, -0.05) is 13.8 Å². The zero-order valence-electron chi connectivity index (χ0n) is 17.4. The maximum Gasteiger partial charge on any atom is 0.220 e. The van der Waals surface area contributed by atoms with Gasteiger partial charge in [0.05, 0.1) is 6.54 Å². The lowest BCUT2D eigenvalue weighted by Gasteiger charge is -2.56. The Bertz CT molecular complexity index is 564. The summed E-state index contributed by atoms with van der Waals surface area (Å²) in [6.07, 6.45) is 9.92. The second-order valence-corrected chi connectivity index (χ2v) is 10.7. The Morgan fingerprint density at radius 2 is 1.81 bits per heavy atom. The largest absolute Gasteiger partial charge is 0.370 e. The molecular weight excluding hydrogens is 336 g/mol. The van der Waals surface area contributed by atoms with E-state index in [-0.39, 0.29) is 11.9 Å². The first-order valence-electron chi connectivity index (χ1n) is 11.2. The average molecular weight is 375 g/mol. The Morgan fingerprint density at radius 3 is 2.30 bits per heavy atom. The lowest BCUT2D eigenvalue weighted by molar-refractivity contribution is -0.130. The van der Waals surface area contributed by atoms with E-state index in [1.807, 2.05) is 0 Å². The Labute approximate surface area is 164 Å². The van der Waals surface area contributed by atoms with Crippen molar-refractivity contribution in [3.63, 3.8) is 0 Å². The van der Waals surface area contributed by atoms with Crippen molar-refractivity contribution in [2.75, 3.05) is 13.1 Å². The fourth-order valence-electron chi connectivity index (χ4n) is 7.03. The molecule has 5 heteroatoms. The Kier molecular flexibility index (Phi) is 5.15. The van der Waals surface area contributed by atoms with Gasteiger partial charge < -0.3 is 16.0 Å². The fourth-order valence-corrected chi connectivity index (χ4v) is 7.03. The van der Waals surface area contributed by atoms with Gasteiger partial charge in [0.15, 0.2) is 5.96 Å². The number of hydrogen-bond donors (Lipinski definition) is 2. The highest BCUT2D eigenvalue weighted by Gasteiger charge is 2.51. The third-order valence-corrected chi connectivity index (χ3v) is 7.58. The molecule has 0 unspecified atom stereocenters. The summed E-state index contributed by atoms with van der Waals surface area (Å²) in [5.41, 5.74) is 6.39. The van der Waals surface area contributed by atoms with Gasteiger partial charge in [-0.25, -0.2) is 0 Å². The second-order valence-electron chi connectivity index (χ2n) is 10.7. The van der Waals surface area contributed by atoms with Crippen molar-refractivity contribution >= 4 is 11.9 Å². The van der Waals surface area contributed by atoms with Crippen LogP contribution >= 0.6 is 0 Å². The standard InChI is InChI=1S/C22H38N4O/c1-14(2)4-19(13-26-15(3)12-24-21(26)23)25-20(27)11-22-8-16-5-17(9-22)7-18(6-16)10-22/h14-19H,4-13H2,1-3H3,(H2,23,24)(H,25,27)/t15-,16?,17?,18?,19-,22?/m0/s1. The second kappa shape index (κ2) is 7.29. The van der Waals surface area contributed by atoms with Crippen LogP contribution in [0.2, 0.25) is 0 Å². The van der Waals surface area contributed by atoms with E-state index in [1.165, 1.54) is 38.5 Å². The topological polar surface area (TPSA) is 70.7 Å². The van der Waals surface area contributed by atoms with Crippen LogP contribution in [0.15, 0.2) is 4.99 Å². The molecule has 4 saturated carbocycles. The lowest BCUT2D eigenvalue weighted by Crippen LogP contribution is -2.52. The number of nitrogens with one attached hydrogen (secondary N) is 1. The van der Waals surface area contributed by atoms with E-state index in [0.717, 1.165) is 43.7 Å². The minimum absolute atomic E-state index is 0.153. The van der Waals surface area contributed by atoms with Crippen LogP contribution in [-0.4, -0.2) is 41.9 Å². The molecule has 5 rings (SSSR count). The molecule has 0 aromatic heterocycles. The van der Waals surface area contributed by atoms with Gasteiger partial charge in [-0.05, 0) is 81.0 Å². The molecule has 4 bridgehead atoms. The summed E-state index contributed by atoms with van der Waals surface area (Å²) in [6, 6.07) is 0.487. The van der Waals surface area contributed by atoms with E-state index in [4.69, 9.17) is 5.73 Å². The number of nitrogens with zero attached hydrogens (tertiary/aromatic N) is 2. The Hall–Kier alpha value is -1.26. The van der Waals surface area contributed by atoms with Crippen LogP contribution < -0.4 is 11.1 Å². The number of hydrogen-bond acceptors (Lipinski definition) is 4. The van der Waals surface area contributed by atoms with Crippen LogP contribution in [0, 0.1) is 29.1 Å². The molecule has 0 radical (unpaired) electrons.